The number of amides is 2. The molecule has 2 amide bonds. The molecular formula is C22H27FN2O2. The summed E-state index contributed by atoms with van der Waals surface area (Å²) in [6.45, 7) is 5.90. The minimum atomic E-state index is -0.625. The number of nitrogens with zero attached hydrogens (tertiary/aromatic N) is 1. The second-order valence-electron chi connectivity index (χ2n) is 6.80. The standard InChI is InChI=1S/C22H27FN2O2/c1-4-16(2)24-22(27)17(3)25(15-19-10-12-20(23)13-11-19)21(26)14-18-8-6-5-7-9-18/h5-13,16-17H,4,14-15H2,1-3H3,(H,24,27)/t16-,17+/m0/s1. The maximum absolute atomic E-state index is 13.2. The minimum absolute atomic E-state index is 0.0387. The fourth-order valence-corrected chi connectivity index (χ4v) is 2.71. The van der Waals surface area contributed by atoms with Gasteiger partial charge in [-0.05, 0) is 43.5 Å². The molecule has 0 unspecified atom stereocenters. The number of nitrogens with one attached hydrogen (secondary N) is 1. The van der Waals surface area contributed by atoms with E-state index in [1.165, 1.54) is 12.1 Å². The summed E-state index contributed by atoms with van der Waals surface area (Å²) < 4.78 is 13.2. The van der Waals surface area contributed by atoms with Gasteiger partial charge >= 0.3 is 0 Å². The summed E-state index contributed by atoms with van der Waals surface area (Å²) in [6, 6.07) is 14.8. The number of hydrogen-bond acceptors (Lipinski definition) is 2. The van der Waals surface area contributed by atoms with Gasteiger partial charge in [-0.25, -0.2) is 4.39 Å². The first-order valence-electron chi connectivity index (χ1n) is 9.29. The highest BCUT2D eigenvalue weighted by atomic mass is 19.1. The number of hydrogen-bond donors (Lipinski definition) is 1. The molecule has 0 fully saturated rings. The van der Waals surface area contributed by atoms with Gasteiger partial charge in [-0.1, -0.05) is 49.4 Å². The third-order valence-corrected chi connectivity index (χ3v) is 4.63. The van der Waals surface area contributed by atoms with Crippen LogP contribution in [0.4, 0.5) is 4.39 Å². The molecule has 0 spiro atoms. The number of carbonyl (C=O) groups is 2. The van der Waals surface area contributed by atoms with Crippen molar-refractivity contribution in [3.05, 3.63) is 71.5 Å². The van der Waals surface area contributed by atoms with Gasteiger partial charge in [0.15, 0.2) is 0 Å². The molecule has 0 heterocycles. The van der Waals surface area contributed by atoms with Crippen LogP contribution in [-0.2, 0) is 22.6 Å². The van der Waals surface area contributed by atoms with Crippen LogP contribution in [-0.4, -0.2) is 28.8 Å². The van der Waals surface area contributed by atoms with E-state index in [9.17, 15) is 14.0 Å². The molecule has 2 aromatic carbocycles. The predicted molar refractivity (Wildman–Crippen MR) is 104 cm³/mol. The summed E-state index contributed by atoms with van der Waals surface area (Å²) in [5.74, 6) is -0.659. The largest absolute Gasteiger partial charge is 0.352 e. The molecule has 0 radical (unpaired) electrons. The normalized spacial score (nSPS) is 12.9. The highest BCUT2D eigenvalue weighted by molar-refractivity contribution is 5.88. The Balaban J connectivity index is 2.19. The van der Waals surface area contributed by atoms with Crippen molar-refractivity contribution in [1.29, 1.82) is 0 Å². The topological polar surface area (TPSA) is 49.4 Å². The molecule has 0 saturated carbocycles. The Kier molecular flexibility index (Phi) is 7.53. The molecule has 0 aliphatic carbocycles. The van der Waals surface area contributed by atoms with E-state index in [0.717, 1.165) is 17.5 Å². The van der Waals surface area contributed by atoms with Crippen LogP contribution in [0.25, 0.3) is 0 Å². The summed E-state index contributed by atoms with van der Waals surface area (Å²) in [5.41, 5.74) is 1.67. The number of rotatable bonds is 8. The number of benzene rings is 2. The number of carbonyl (C=O) groups excluding carboxylic acids is 2. The monoisotopic (exact) mass is 370 g/mol. The van der Waals surface area contributed by atoms with Gasteiger partial charge in [0, 0.05) is 12.6 Å². The molecule has 5 heteroatoms. The third kappa shape index (κ3) is 6.20. The van der Waals surface area contributed by atoms with Crippen LogP contribution in [0.3, 0.4) is 0 Å². The molecule has 0 aromatic heterocycles. The highest BCUT2D eigenvalue weighted by Gasteiger charge is 2.26. The molecule has 27 heavy (non-hydrogen) atoms. The van der Waals surface area contributed by atoms with Crippen molar-refractivity contribution < 1.29 is 14.0 Å². The minimum Gasteiger partial charge on any atom is -0.352 e. The maximum Gasteiger partial charge on any atom is 0.242 e. The first-order valence-corrected chi connectivity index (χ1v) is 9.29. The summed E-state index contributed by atoms with van der Waals surface area (Å²) in [5, 5.41) is 2.93. The fourth-order valence-electron chi connectivity index (χ4n) is 2.71. The Morgan fingerprint density at radius 1 is 1.00 bits per heavy atom. The molecule has 2 atom stereocenters. The summed E-state index contributed by atoms with van der Waals surface area (Å²) in [6.07, 6.45) is 1.03. The van der Waals surface area contributed by atoms with Gasteiger partial charge in [0.25, 0.3) is 0 Å². The van der Waals surface area contributed by atoms with Crippen LogP contribution in [0, 0.1) is 5.82 Å². The zero-order valence-corrected chi connectivity index (χ0v) is 16.1. The van der Waals surface area contributed by atoms with Crippen LogP contribution < -0.4 is 5.32 Å². The van der Waals surface area contributed by atoms with Gasteiger partial charge in [0.1, 0.15) is 11.9 Å². The van der Waals surface area contributed by atoms with Crippen LogP contribution in [0.2, 0.25) is 0 Å². The van der Waals surface area contributed by atoms with E-state index in [1.54, 1.807) is 24.0 Å². The molecule has 0 aliphatic rings. The van der Waals surface area contributed by atoms with E-state index in [1.807, 2.05) is 44.2 Å². The Morgan fingerprint density at radius 2 is 1.63 bits per heavy atom. The second kappa shape index (κ2) is 9.86. The Hall–Kier alpha value is -2.69. The Morgan fingerprint density at radius 3 is 2.22 bits per heavy atom. The lowest BCUT2D eigenvalue weighted by molar-refractivity contribution is -0.140. The predicted octanol–water partition coefficient (Wildman–Crippen LogP) is 3.70. The zero-order chi connectivity index (χ0) is 19.8. The van der Waals surface area contributed by atoms with Crippen molar-refractivity contribution in [2.24, 2.45) is 0 Å². The first-order chi connectivity index (χ1) is 12.9. The quantitative estimate of drug-likeness (QED) is 0.770. The van der Waals surface area contributed by atoms with Crippen molar-refractivity contribution in [2.45, 2.75) is 52.2 Å². The molecule has 144 valence electrons. The van der Waals surface area contributed by atoms with Crippen LogP contribution in [0.5, 0.6) is 0 Å². The molecule has 4 nitrogen and oxygen atoms in total. The lowest BCUT2D eigenvalue weighted by atomic mass is 10.1. The van der Waals surface area contributed by atoms with Gasteiger partial charge in [-0.2, -0.15) is 0 Å². The van der Waals surface area contributed by atoms with Gasteiger partial charge in [0.2, 0.25) is 11.8 Å². The van der Waals surface area contributed by atoms with E-state index in [0.29, 0.717) is 0 Å². The molecule has 0 bridgehead atoms. The van der Waals surface area contributed by atoms with Crippen molar-refractivity contribution >= 4 is 11.8 Å². The van der Waals surface area contributed by atoms with E-state index >= 15 is 0 Å². The van der Waals surface area contributed by atoms with Crippen molar-refractivity contribution in [2.75, 3.05) is 0 Å². The molecule has 1 N–H and O–H groups in total. The van der Waals surface area contributed by atoms with Gasteiger partial charge in [-0.3, -0.25) is 9.59 Å². The smallest absolute Gasteiger partial charge is 0.242 e. The van der Waals surface area contributed by atoms with E-state index in [-0.39, 0.29) is 36.6 Å². The average Bonchev–Trinajstić information content (AvgIpc) is 2.67. The zero-order valence-electron chi connectivity index (χ0n) is 16.1. The molecule has 0 aliphatic heterocycles. The van der Waals surface area contributed by atoms with Crippen LogP contribution >= 0.6 is 0 Å². The molecule has 2 rings (SSSR count). The van der Waals surface area contributed by atoms with E-state index < -0.39 is 6.04 Å². The SMILES string of the molecule is CC[C@H](C)NC(=O)[C@@H](C)N(Cc1ccc(F)cc1)C(=O)Cc1ccccc1. The molecular weight excluding hydrogens is 343 g/mol. The van der Waals surface area contributed by atoms with Crippen molar-refractivity contribution in [3.63, 3.8) is 0 Å². The lowest BCUT2D eigenvalue weighted by Crippen LogP contribution is -2.49. The van der Waals surface area contributed by atoms with Crippen molar-refractivity contribution in [3.8, 4) is 0 Å². The highest BCUT2D eigenvalue weighted by Crippen LogP contribution is 2.13. The van der Waals surface area contributed by atoms with Crippen LogP contribution in [0.1, 0.15) is 38.3 Å². The molecule has 0 saturated heterocycles. The lowest BCUT2D eigenvalue weighted by Gasteiger charge is -2.29. The van der Waals surface area contributed by atoms with Crippen LogP contribution in [0.15, 0.2) is 54.6 Å². The summed E-state index contributed by atoms with van der Waals surface area (Å²) >= 11 is 0. The summed E-state index contributed by atoms with van der Waals surface area (Å²) in [7, 11) is 0. The van der Waals surface area contributed by atoms with Gasteiger partial charge in [-0.15, -0.1) is 0 Å². The third-order valence-electron chi connectivity index (χ3n) is 4.63. The second-order valence-corrected chi connectivity index (χ2v) is 6.80. The maximum atomic E-state index is 13.2. The van der Waals surface area contributed by atoms with E-state index in [4.69, 9.17) is 0 Å². The molecule has 2 aromatic rings. The first kappa shape index (κ1) is 20.6. The van der Waals surface area contributed by atoms with Gasteiger partial charge < -0.3 is 10.2 Å². The number of halogens is 1. The Bertz CT molecular complexity index is 747. The Labute approximate surface area is 160 Å². The summed E-state index contributed by atoms with van der Waals surface area (Å²) in [4.78, 5) is 27.1. The average molecular weight is 370 g/mol. The van der Waals surface area contributed by atoms with E-state index in [2.05, 4.69) is 5.32 Å². The fraction of sp³-hybridized carbons (Fsp3) is 0.364. The van der Waals surface area contributed by atoms with Crippen molar-refractivity contribution in [1.82, 2.24) is 10.2 Å². The van der Waals surface area contributed by atoms with Gasteiger partial charge in [0.05, 0.1) is 6.42 Å².